The summed E-state index contributed by atoms with van der Waals surface area (Å²) in [5.41, 5.74) is 1.03. The molecule has 0 radical (unpaired) electrons. The number of hydrogen-bond acceptors (Lipinski definition) is 2. The maximum atomic E-state index is 12.7. The van der Waals surface area contributed by atoms with E-state index in [-0.39, 0.29) is 17.8 Å². The van der Waals surface area contributed by atoms with Gasteiger partial charge in [0.1, 0.15) is 5.82 Å². The summed E-state index contributed by atoms with van der Waals surface area (Å²) in [6, 6.07) is 6.35. The first kappa shape index (κ1) is 12.0. The molecule has 1 aliphatic heterocycles. The van der Waals surface area contributed by atoms with Gasteiger partial charge in [0.15, 0.2) is 0 Å². The maximum Gasteiger partial charge on any atom is 0.237 e. The van der Waals surface area contributed by atoms with Crippen molar-refractivity contribution in [2.45, 2.75) is 25.3 Å². The van der Waals surface area contributed by atoms with E-state index < -0.39 is 0 Å². The molecule has 1 amide bonds. The average molecular weight is 236 g/mol. The number of rotatable bonds is 4. The van der Waals surface area contributed by atoms with Gasteiger partial charge in [-0.3, -0.25) is 4.79 Å². The van der Waals surface area contributed by atoms with E-state index in [2.05, 4.69) is 10.6 Å². The van der Waals surface area contributed by atoms with Gasteiger partial charge in [0, 0.05) is 6.54 Å². The molecule has 0 saturated carbocycles. The number of carbonyl (C=O) groups excluding carboxylic acids is 1. The summed E-state index contributed by atoms with van der Waals surface area (Å²) in [6.07, 6.45) is 2.72. The molecule has 0 unspecified atom stereocenters. The molecule has 17 heavy (non-hydrogen) atoms. The van der Waals surface area contributed by atoms with Crippen LogP contribution >= 0.6 is 0 Å². The minimum atomic E-state index is -0.229. The van der Waals surface area contributed by atoms with Crippen molar-refractivity contribution in [2.75, 3.05) is 13.1 Å². The highest BCUT2D eigenvalue weighted by Gasteiger charge is 2.20. The van der Waals surface area contributed by atoms with Crippen molar-refractivity contribution in [3.63, 3.8) is 0 Å². The SMILES string of the molecule is O=C(NCCc1ccc(F)cc1)[C@@H]1CCCN1. The lowest BCUT2D eigenvalue weighted by atomic mass is 10.1. The molecule has 1 heterocycles. The second-order valence-electron chi connectivity index (χ2n) is 4.32. The molecule has 0 spiro atoms. The summed E-state index contributed by atoms with van der Waals surface area (Å²) in [7, 11) is 0. The monoisotopic (exact) mass is 236 g/mol. The summed E-state index contributed by atoms with van der Waals surface area (Å²) < 4.78 is 12.7. The third-order valence-corrected chi connectivity index (χ3v) is 3.00. The van der Waals surface area contributed by atoms with E-state index in [0.29, 0.717) is 6.54 Å². The fraction of sp³-hybridized carbons (Fsp3) is 0.462. The van der Waals surface area contributed by atoms with Crippen LogP contribution in [0.15, 0.2) is 24.3 Å². The molecule has 1 saturated heterocycles. The number of benzene rings is 1. The summed E-state index contributed by atoms with van der Waals surface area (Å²) in [6.45, 7) is 1.53. The number of halogens is 1. The van der Waals surface area contributed by atoms with Crippen LogP contribution in [0.2, 0.25) is 0 Å². The van der Waals surface area contributed by atoms with Gasteiger partial charge >= 0.3 is 0 Å². The Labute approximate surface area is 100 Å². The third-order valence-electron chi connectivity index (χ3n) is 3.00. The number of amides is 1. The molecule has 0 aromatic heterocycles. The summed E-state index contributed by atoms with van der Waals surface area (Å²) >= 11 is 0. The Morgan fingerprint density at radius 3 is 2.82 bits per heavy atom. The molecule has 92 valence electrons. The highest BCUT2D eigenvalue weighted by atomic mass is 19.1. The Kier molecular flexibility index (Phi) is 4.09. The lowest BCUT2D eigenvalue weighted by Gasteiger charge is -2.10. The standard InChI is InChI=1S/C13H17FN2O/c14-11-5-3-10(4-6-11)7-9-16-13(17)12-2-1-8-15-12/h3-6,12,15H,1-2,7-9H2,(H,16,17)/t12-/m0/s1. The molecule has 4 heteroatoms. The Hall–Kier alpha value is -1.42. The van der Waals surface area contributed by atoms with Crippen molar-refractivity contribution in [1.82, 2.24) is 10.6 Å². The van der Waals surface area contributed by atoms with Crippen LogP contribution in [0.4, 0.5) is 4.39 Å². The van der Waals surface area contributed by atoms with Crippen LogP contribution in [0.3, 0.4) is 0 Å². The van der Waals surface area contributed by atoms with E-state index in [0.717, 1.165) is 31.4 Å². The molecular formula is C13H17FN2O. The molecule has 1 aromatic rings. The van der Waals surface area contributed by atoms with Gasteiger partial charge in [-0.2, -0.15) is 0 Å². The maximum absolute atomic E-state index is 12.7. The van der Waals surface area contributed by atoms with Crippen molar-refractivity contribution in [3.05, 3.63) is 35.6 Å². The van der Waals surface area contributed by atoms with Crippen molar-refractivity contribution in [2.24, 2.45) is 0 Å². The Balaban J connectivity index is 1.72. The number of hydrogen-bond donors (Lipinski definition) is 2. The minimum absolute atomic E-state index is 0.0248. The van der Waals surface area contributed by atoms with Crippen molar-refractivity contribution in [1.29, 1.82) is 0 Å². The van der Waals surface area contributed by atoms with E-state index in [1.807, 2.05) is 0 Å². The van der Waals surface area contributed by atoms with E-state index in [1.54, 1.807) is 12.1 Å². The van der Waals surface area contributed by atoms with Crippen LogP contribution in [0.5, 0.6) is 0 Å². The second kappa shape index (κ2) is 5.77. The van der Waals surface area contributed by atoms with Crippen LogP contribution in [-0.4, -0.2) is 25.0 Å². The quantitative estimate of drug-likeness (QED) is 0.825. The van der Waals surface area contributed by atoms with Gasteiger partial charge in [-0.15, -0.1) is 0 Å². The molecule has 1 aromatic carbocycles. The van der Waals surface area contributed by atoms with Gasteiger partial charge in [-0.1, -0.05) is 12.1 Å². The molecule has 0 aliphatic carbocycles. The number of carbonyl (C=O) groups is 1. The van der Waals surface area contributed by atoms with Crippen molar-refractivity contribution >= 4 is 5.91 Å². The minimum Gasteiger partial charge on any atom is -0.354 e. The predicted molar refractivity (Wildman–Crippen MR) is 64.1 cm³/mol. The van der Waals surface area contributed by atoms with Gasteiger partial charge in [-0.25, -0.2) is 4.39 Å². The zero-order chi connectivity index (χ0) is 12.1. The van der Waals surface area contributed by atoms with Gasteiger partial charge in [0.25, 0.3) is 0 Å². The molecule has 3 nitrogen and oxygen atoms in total. The van der Waals surface area contributed by atoms with Crippen LogP contribution < -0.4 is 10.6 Å². The smallest absolute Gasteiger partial charge is 0.237 e. The molecule has 2 N–H and O–H groups in total. The number of nitrogens with one attached hydrogen (secondary N) is 2. The topological polar surface area (TPSA) is 41.1 Å². The van der Waals surface area contributed by atoms with Crippen LogP contribution in [0.25, 0.3) is 0 Å². The largest absolute Gasteiger partial charge is 0.354 e. The van der Waals surface area contributed by atoms with E-state index >= 15 is 0 Å². The molecular weight excluding hydrogens is 219 g/mol. The van der Waals surface area contributed by atoms with Crippen molar-refractivity contribution < 1.29 is 9.18 Å². The molecule has 1 atom stereocenters. The van der Waals surface area contributed by atoms with Gasteiger partial charge in [0.05, 0.1) is 6.04 Å². The zero-order valence-corrected chi connectivity index (χ0v) is 9.71. The first-order chi connectivity index (χ1) is 8.25. The Morgan fingerprint density at radius 1 is 1.41 bits per heavy atom. The fourth-order valence-electron chi connectivity index (χ4n) is 2.01. The van der Waals surface area contributed by atoms with Crippen LogP contribution in [0, 0.1) is 5.82 Å². The molecule has 1 fully saturated rings. The highest BCUT2D eigenvalue weighted by molar-refractivity contribution is 5.81. The lowest BCUT2D eigenvalue weighted by Crippen LogP contribution is -2.41. The second-order valence-corrected chi connectivity index (χ2v) is 4.32. The van der Waals surface area contributed by atoms with Gasteiger partial charge in [0.2, 0.25) is 5.91 Å². The first-order valence-electron chi connectivity index (χ1n) is 6.01. The highest BCUT2D eigenvalue weighted by Crippen LogP contribution is 2.05. The Bertz CT molecular complexity index is 372. The first-order valence-corrected chi connectivity index (χ1v) is 6.01. The van der Waals surface area contributed by atoms with Crippen LogP contribution in [0.1, 0.15) is 18.4 Å². The van der Waals surface area contributed by atoms with Gasteiger partial charge in [-0.05, 0) is 43.5 Å². The average Bonchev–Trinajstić information content (AvgIpc) is 2.85. The summed E-state index contributed by atoms with van der Waals surface area (Å²) in [5.74, 6) is -0.155. The molecule has 2 rings (SSSR count). The normalized spacial score (nSPS) is 19.2. The summed E-state index contributed by atoms with van der Waals surface area (Å²) in [5, 5.41) is 6.04. The van der Waals surface area contributed by atoms with E-state index in [1.165, 1.54) is 12.1 Å². The van der Waals surface area contributed by atoms with E-state index in [4.69, 9.17) is 0 Å². The third kappa shape index (κ3) is 3.53. The van der Waals surface area contributed by atoms with E-state index in [9.17, 15) is 9.18 Å². The predicted octanol–water partition coefficient (Wildman–Crippen LogP) is 1.24. The molecule has 1 aliphatic rings. The van der Waals surface area contributed by atoms with Crippen molar-refractivity contribution in [3.8, 4) is 0 Å². The van der Waals surface area contributed by atoms with Gasteiger partial charge < -0.3 is 10.6 Å². The molecule has 0 bridgehead atoms. The fourth-order valence-corrected chi connectivity index (χ4v) is 2.01. The van der Waals surface area contributed by atoms with Crippen LogP contribution in [-0.2, 0) is 11.2 Å². The lowest BCUT2D eigenvalue weighted by molar-refractivity contribution is -0.122. The Morgan fingerprint density at radius 2 is 2.18 bits per heavy atom. The zero-order valence-electron chi connectivity index (χ0n) is 9.71. The summed E-state index contributed by atoms with van der Waals surface area (Å²) in [4.78, 5) is 11.7.